The number of carboxylic acids is 2. The first-order valence-electron chi connectivity index (χ1n) is 9.48. The van der Waals surface area contributed by atoms with E-state index in [0.29, 0.717) is 10.6 Å². The quantitative estimate of drug-likeness (QED) is 0.583. The number of rotatable bonds is 4. The second-order valence-electron chi connectivity index (χ2n) is 6.85. The van der Waals surface area contributed by atoms with Gasteiger partial charge in [0, 0.05) is 29.4 Å². The number of hydrogen-bond donors (Lipinski definition) is 3. The Labute approximate surface area is 186 Å². The molecule has 172 valence electrons. The Hall–Kier alpha value is -3.27. The predicted molar refractivity (Wildman–Crippen MR) is 113 cm³/mol. The van der Waals surface area contributed by atoms with E-state index in [0.717, 1.165) is 31.6 Å². The Morgan fingerprint density at radius 1 is 0.938 bits per heavy atom. The minimum absolute atomic E-state index is 0.0883. The van der Waals surface area contributed by atoms with Gasteiger partial charge in [-0.25, -0.2) is 9.59 Å². The molecule has 0 spiro atoms. The van der Waals surface area contributed by atoms with Crippen LogP contribution < -0.4 is 10.2 Å². The molecule has 1 fully saturated rings. The van der Waals surface area contributed by atoms with Crippen molar-refractivity contribution in [2.75, 3.05) is 23.3 Å². The molecule has 0 bridgehead atoms. The van der Waals surface area contributed by atoms with Crippen LogP contribution in [0.25, 0.3) is 0 Å². The summed E-state index contributed by atoms with van der Waals surface area (Å²) in [6.07, 6.45) is -1.66. The van der Waals surface area contributed by atoms with Crippen LogP contribution in [0.3, 0.4) is 0 Å². The standard InChI is InChI=1S/C19H19ClN2O3.C2HF3O2/c20-14-6-4-13(5-7-14)18(23)21-17-9-8-15(12-16(17)19(24)25)22-10-2-1-3-11-22;3-2(4,5)1(6)7/h4-9,12H,1-3,10-11H2,(H,21,23)(H,24,25);(H,6,7). The van der Waals surface area contributed by atoms with Gasteiger partial charge in [0.05, 0.1) is 11.3 Å². The van der Waals surface area contributed by atoms with Crippen LogP contribution >= 0.6 is 11.6 Å². The van der Waals surface area contributed by atoms with Crippen molar-refractivity contribution in [3.8, 4) is 0 Å². The monoisotopic (exact) mass is 472 g/mol. The highest BCUT2D eigenvalue weighted by Gasteiger charge is 2.38. The molecule has 7 nitrogen and oxygen atoms in total. The second kappa shape index (κ2) is 10.9. The lowest BCUT2D eigenvalue weighted by Gasteiger charge is -2.29. The van der Waals surface area contributed by atoms with Crippen LogP contribution in [0.15, 0.2) is 42.5 Å². The molecule has 0 unspecified atom stereocenters. The summed E-state index contributed by atoms with van der Waals surface area (Å²) in [6.45, 7) is 1.85. The smallest absolute Gasteiger partial charge is 0.478 e. The van der Waals surface area contributed by atoms with E-state index in [1.165, 1.54) is 6.42 Å². The molecule has 1 aliphatic rings. The molecule has 1 amide bonds. The van der Waals surface area contributed by atoms with Crippen molar-refractivity contribution < 1.29 is 37.8 Å². The zero-order valence-electron chi connectivity index (χ0n) is 16.7. The number of benzene rings is 2. The molecule has 2 aromatic carbocycles. The van der Waals surface area contributed by atoms with Gasteiger partial charge in [-0.3, -0.25) is 4.79 Å². The number of carbonyl (C=O) groups is 3. The van der Waals surface area contributed by atoms with E-state index in [1.54, 1.807) is 36.4 Å². The lowest BCUT2D eigenvalue weighted by atomic mass is 10.1. The van der Waals surface area contributed by atoms with E-state index in [-0.39, 0.29) is 17.2 Å². The minimum Gasteiger partial charge on any atom is -0.478 e. The van der Waals surface area contributed by atoms with Crippen LogP contribution in [0.5, 0.6) is 0 Å². The topological polar surface area (TPSA) is 107 Å². The highest BCUT2D eigenvalue weighted by atomic mass is 35.5. The number of anilines is 2. The number of nitrogens with zero attached hydrogens (tertiary/aromatic N) is 1. The van der Waals surface area contributed by atoms with Crippen molar-refractivity contribution in [3.05, 3.63) is 58.6 Å². The molecule has 0 saturated carbocycles. The summed E-state index contributed by atoms with van der Waals surface area (Å²) < 4.78 is 31.7. The normalized spacial score (nSPS) is 13.6. The predicted octanol–water partition coefficient (Wildman–Crippen LogP) is 4.91. The highest BCUT2D eigenvalue weighted by molar-refractivity contribution is 6.30. The van der Waals surface area contributed by atoms with Gasteiger partial charge in [-0.05, 0) is 61.7 Å². The van der Waals surface area contributed by atoms with Gasteiger partial charge in [-0.1, -0.05) is 11.6 Å². The number of amides is 1. The molecule has 11 heteroatoms. The zero-order valence-corrected chi connectivity index (χ0v) is 17.4. The SMILES string of the molecule is O=C(Nc1ccc(N2CCCCC2)cc1C(=O)O)c1ccc(Cl)cc1.O=C(O)C(F)(F)F. The lowest BCUT2D eigenvalue weighted by molar-refractivity contribution is -0.192. The number of nitrogens with one attached hydrogen (secondary N) is 1. The third kappa shape index (κ3) is 7.16. The third-order valence-corrected chi connectivity index (χ3v) is 4.80. The largest absolute Gasteiger partial charge is 0.490 e. The summed E-state index contributed by atoms with van der Waals surface area (Å²) in [5.41, 5.74) is 1.67. The molecule has 1 saturated heterocycles. The van der Waals surface area contributed by atoms with E-state index >= 15 is 0 Å². The first-order chi connectivity index (χ1) is 15.0. The molecular weight excluding hydrogens is 453 g/mol. The first kappa shape index (κ1) is 25.0. The van der Waals surface area contributed by atoms with Crippen molar-refractivity contribution in [3.63, 3.8) is 0 Å². The van der Waals surface area contributed by atoms with E-state index < -0.39 is 18.1 Å². The second-order valence-corrected chi connectivity index (χ2v) is 7.28. The number of alkyl halides is 3. The molecule has 1 aliphatic heterocycles. The van der Waals surface area contributed by atoms with Crippen molar-refractivity contribution in [1.29, 1.82) is 0 Å². The Morgan fingerprint density at radius 3 is 2.00 bits per heavy atom. The Balaban J connectivity index is 0.000000451. The van der Waals surface area contributed by atoms with E-state index in [4.69, 9.17) is 21.5 Å². The number of carboxylic acid groups (broad SMARTS) is 2. The lowest BCUT2D eigenvalue weighted by Crippen LogP contribution is -2.29. The van der Waals surface area contributed by atoms with Crippen LogP contribution in [0.2, 0.25) is 5.02 Å². The molecule has 3 rings (SSSR count). The summed E-state index contributed by atoms with van der Waals surface area (Å²) in [6, 6.07) is 11.6. The van der Waals surface area contributed by atoms with Gasteiger partial charge in [-0.15, -0.1) is 0 Å². The molecule has 0 atom stereocenters. The number of hydrogen-bond acceptors (Lipinski definition) is 4. The summed E-state index contributed by atoms with van der Waals surface area (Å²) in [4.78, 5) is 35.0. The molecule has 0 aromatic heterocycles. The van der Waals surface area contributed by atoms with Gasteiger partial charge >= 0.3 is 18.1 Å². The molecule has 2 aromatic rings. The Morgan fingerprint density at radius 2 is 1.50 bits per heavy atom. The maximum absolute atomic E-state index is 12.3. The maximum Gasteiger partial charge on any atom is 0.490 e. The van der Waals surface area contributed by atoms with E-state index in [9.17, 15) is 27.9 Å². The zero-order chi connectivity index (χ0) is 23.9. The van der Waals surface area contributed by atoms with Crippen molar-refractivity contribution in [2.24, 2.45) is 0 Å². The number of aromatic carboxylic acids is 1. The van der Waals surface area contributed by atoms with Gasteiger partial charge < -0.3 is 20.4 Å². The Kier molecular flexibility index (Phi) is 8.48. The van der Waals surface area contributed by atoms with Crippen molar-refractivity contribution in [2.45, 2.75) is 25.4 Å². The van der Waals surface area contributed by atoms with E-state index in [2.05, 4.69) is 10.2 Å². The number of carbonyl (C=O) groups excluding carboxylic acids is 1. The van der Waals surface area contributed by atoms with Gasteiger partial charge in [0.1, 0.15) is 0 Å². The van der Waals surface area contributed by atoms with Gasteiger partial charge in [0.15, 0.2) is 0 Å². The summed E-state index contributed by atoms with van der Waals surface area (Å²) in [5, 5.41) is 19.9. The van der Waals surface area contributed by atoms with Crippen LogP contribution in [0, 0.1) is 0 Å². The van der Waals surface area contributed by atoms with Crippen LogP contribution in [0.4, 0.5) is 24.5 Å². The van der Waals surface area contributed by atoms with Gasteiger partial charge in [-0.2, -0.15) is 13.2 Å². The van der Waals surface area contributed by atoms with Gasteiger partial charge in [0.2, 0.25) is 0 Å². The molecular formula is C21H20ClF3N2O5. The van der Waals surface area contributed by atoms with E-state index in [1.807, 2.05) is 6.07 Å². The summed E-state index contributed by atoms with van der Waals surface area (Å²) in [7, 11) is 0. The van der Waals surface area contributed by atoms with Crippen LogP contribution in [0.1, 0.15) is 40.0 Å². The van der Waals surface area contributed by atoms with Crippen molar-refractivity contribution >= 4 is 40.8 Å². The third-order valence-electron chi connectivity index (χ3n) is 4.55. The number of halogens is 4. The van der Waals surface area contributed by atoms with Crippen molar-refractivity contribution in [1.82, 2.24) is 0 Å². The van der Waals surface area contributed by atoms with Crippen LogP contribution in [-0.4, -0.2) is 47.3 Å². The molecule has 32 heavy (non-hydrogen) atoms. The molecule has 0 aliphatic carbocycles. The highest BCUT2D eigenvalue weighted by Crippen LogP contribution is 2.26. The average molecular weight is 473 g/mol. The molecule has 3 N–H and O–H groups in total. The fourth-order valence-corrected chi connectivity index (χ4v) is 3.09. The number of aliphatic carboxylic acids is 1. The summed E-state index contributed by atoms with van der Waals surface area (Å²) in [5.74, 6) is -4.19. The Bertz CT molecular complexity index is 974. The first-order valence-corrected chi connectivity index (χ1v) is 9.86. The fraction of sp³-hybridized carbons (Fsp3) is 0.286. The summed E-state index contributed by atoms with van der Waals surface area (Å²) >= 11 is 5.82. The van der Waals surface area contributed by atoms with Crippen LogP contribution in [-0.2, 0) is 4.79 Å². The maximum atomic E-state index is 12.3. The molecule has 1 heterocycles. The minimum atomic E-state index is -5.08. The van der Waals surface area contributed by atoms with Gasteiger partial charge in [0.25, 0.3) is 5.91 Å². The molecule has 0 radical (unpaired) electrons. The average Bonchev–Trinajstić information content (AvgIpc) is 2.74. The number of piperidine rings is 1. The fourth-order valence-electron chi connectivity index (χ4n) is 2.96.